The molecule has 0 radical (unpaired) electrons. The fourth-order valence-electron chi connectivity index (χ4n) is 2.39. The third-order valence-corrected chi connectivity index (χ3v) is 5.31. The van der Waals surface area contributed by atoms with Crippen LogP contribution in [-0.2, 0) is 6.42 Å². The van der Waals surface area contributed by atoms with E-state index in [1.807, 2.05) is 24.3 Å². The van der Waals surface area contributed by atoms with Crippen molar-refractivity contribution in [1.29, 1.82) is 0 Å². The summed E-state index contributed by atoms with van der Waals surface area (Å²) in [5.74, 6) is 0.785. The van der Waals surface area contributed by atoms with Crippen LogP contribution in [0.1, 0.15) is 15.2 Å². The molecule has 0 bridgehead atoms. The van der Waals surface area contributed by atoms with Crippen molar-refractivity contribution in [2.24, 2.45) is 0 Å². The predicted octanol–water partition coefficient (Wildman–Crippen LogP) is 3.99. The Morgan fingerprint density at radius 2 is 2.04 bits per heavy atom. The Morgan fingerprint density at radius 3 is 2.92 bits per heavy atom. The lowest BCUT2D eigenvalue weighted by Gasteiger charge is -2.04. The van der Waals surface area contributed by atoms with Crippen LogP contribution in [0.5, 0.6) is 0 Å². The molecule has 1 N–H and O–H groups in total. The summed E-state index contributed by atoms with van der Waals surface area (Å²) < 4.78 is 13.7. The van der Waals surface area contributed by atoms with Crippen LogP contribution in [0.4, 0.5) is 0 Å². The molecule has 0 atom stereocenters. The molecule has 0 saturated heterocycles. The molecular weight excluding hydrogens is 342 g/mol. The van der Waals surface area contributed by atoms with Crippen LogP contribution < -0.4 is 5.32 Å². The van der Waals surface area contributed by atoms with Gasteiger partial charge in [-0.25, -0.2) is 0 Å². The zero-order chi connectivity index (χ0) is 16.4. The quantitative estimate of drug-likeness (QED) is 0.588. The monoisotopic (exact) mass is 355 g/mol. The fraction of sp³-hybridized carbons (Fsp3) is 0.118. The van der Waals surface area contributed by atoms with Crippen molar-refractivity contribution in [3.8, 4) is 10.6 Å². The highest BCUT2D eigenvalue weighted by atomic mass is 32.1. The first-order chi connectivity index (χ1) is 11.8. The third-order valence-electron chi connectivity index (χ3n) is 3.60. The summed E-state index contributed by atoms with van der Waals surface area (Å²) in [7, 11) is 0. The van der Waals surface area contributed by atoms with E-state index in [1.54, 1.807) is 29.7 Å². The van der Waals surface area contributed by atoms with E-state index >= 15 is 0 Å². The third kappa shape index (κ3) is 3.08. The number of thiophene rings is 1. The minimum absolute atomic E-state index is 0.0901. The van der Waals surface area contributed by atoms with Gasteiger partial charge in [0.05, 0.1) is 22.9 Å². The molecule has 0 fully saturated rings. The van der Waals surface area contributed by atoms with E-state index < -0.39 is 0 Å². The average Bonchev–Trinajstić information content (AvgIpc) is 3.34. The van der Waals surface area contributed by atoms with E-state index in [1.165, 1.54) is 4.88 Å². The zero-order valence-electron chi connectivity index (χ0n) is 12.6. The standard InChI is InChI=1S/C17H13N3O2S2/c21-17(11-3-5-13-14(10-11)20-24-19-13)18-8-7-12-4-6-16(23-12)15-2-1-9-22-15/h1-6,9-10H,7-8H2,(H,18,21). The molecular formula is C17H13N3O2S2. The zero-order valence-corrected chi connectivity index (χ0v) is 14.2. The van der Waals surface area contributed by atoms with Gasteiger partial charge in [0.2, 0.25) is 0 Å². The lowest BCUT2D eigenvalue weighted by molar-refractivity contribution is 0.0954. The normalized spacial score (nSPS) is 11.0. The minimum atomic E-state index is -0.0901. The van der Waals surface area contributed by atoms with Crippen molar-refractivity contribution < 1.29 is 9.21 Å². The summed E-state index contributed by atoms with van der Waals surface area (Å²) in [6.07, 6.45) is 2.46. The number of furan rings is 1. The van der Waals surface area contributed by atoms with Crippen LogP contribution in [0.3, 0.4) is 0 Å². The van der Waals surface area contributed by atoms with Crippen molar-refractivity contribution >= 4 is 40.0 Å². The van der Waals surface area contributed by atoms with Gasteiger partial charge >= 0.3 is 0 Å². The van der Waals surface area contributed by atoms with Gasteiger partial charge in [-0.15, -0.1) is 11.3 Å². The SMILES string of the molecule is O=C(NCCc1ccc(-c2ccco2)s1)c1ccc2nsnc2c1. The lowest BCUT2D eigenvalue weighted by atomic mass is 10.2. The molecule has 120 valence electrons. The van der Waals surface area contributed by atoms with Gasteiger partial charge in [-0.1, -0.05) is 0 Å². The Labute approximate surface area is 146 Å². The number of fused-ring (bicyclic) bond motifs is 1. The first-order valence-corrected chi connectivity index (χ1v) is 8.97. The second-order valence-corrected chi connectivity index (χ2v) is 6.91. The number of nitrogens with zero attached hydrogens (tertiary/aromatic N) is 2. The Morgan fingerprint density at radius 1 is 1.12 bits per heavy atom. The first kappa shape index (κ1) is 15.0. The summed E-state index contributed by atoms with van der Waals surface area (Å²) in [5.41, 5.74) is 2.19. The van der Waals surface area contributed by atoms with Gasteiger partial charge in [-0.05, 0) is 48.9 Å². The highest BCUT2D eigenvalue weighted by Gasteiger charge is 2.09. The van der Waals surface area contributed by atoms with Gasteiger partial charge in [-0.3, -0.25) is 4.79 Å². The predicted molar refractivity (Wildman–Crippen MR) is 95.5 cm³/mol. The number of carbonyl (C=O) groups excluding carboxylic acids is 1. The summed E-state index contributed by atoms with van der Waals surface area (Å²) >= 11 is 2.83. The Hall–Kier alpha value is -2.51. The number of hydrogen-bond acceptors (Lipinski definition) is 6. The summed E-state index contributed by atoms with van der Waals surface area (Å²) in [4.78, 5) is 14.5. The van der Waals surface area contributed by atoms with Crippen LogP contribution in [0.25, 0.3) is 21.7 Å². The smallest absolute Gasteiger partial charge is 0.251 e. The number of aromatic nitrogens is 2. The molecule has 0 aliphatic rings. The summed E-state index contributed by atoms with van der Waals surface area (Å²) in [6, 6.07) is 13.3. The van der Waals surface area contributed by atoms with Crippen LogP contribution in [0.2, 0.25) is 0 Å². The summed E-state index contributed by atoms with van der Waals surface area (Å²) in [6.45, 7) is 0.588. The molecule has 1 amide bonds. The maximum Gasteiger partial charge on any atom is 0.251 e. The molecule has 1 aromatic carbocycles. The van der Waals surface area contributed by atoms with Gasteiger partial charge < -0.3 is 9.73 Å². The number of carbonyl (C=O) groups is 1. The van der Waals surface area contributed by atoms with Gasteiger partial charge in [0.1, 0.15) is 16.8 Å². The minimum Gasteiger partial charge on any atom is -0.464 e. The van der Waals surface area contributed by atoms with Crippen molar-refractivity contribution in [3.63, 3.8) is 0 Å². The number of nitrogens with one attached hydrogen (secondary N) is 1. The van der Waals surface area contributed by atoms with Crippen LogP contribution in [0.15, 0.2) is 53.1 Å². The maximum atomic E-state index is 12.2. The van der Waals surface area contributed by atoms with Crippen molar-refractivity contribution in [2.45, 2.75) is 6.42 Å². The highest BCUT2D eigenvalue weighted by molar-refractivity contribution is 7.15. The van der Waals surface area contributed by atoms with Crippen molar-refractivity contribution in [2.75, 3.05) is 6.54 Å². The van der Waals surface area contributed by atoms with Gasteiger partial charge in [0.15, 0.2) is 0 Å². The molecule has 3 heterocycles. The molecule has 4 aromatic rings. The molecule has 24 heavy (non-hydrogen) atoms. The van der Waals surface area contributed by atoms with Gasteiger partial charge in [0, 0.05) is 17.0 Å². The largest absolute Gasteiger partial charge is 0.464 e. The molecule has 5 nitrogen and oxygen atoms in total. The molecule has 0 aliphatic heterocycles. The molecule has 0 saturated carbocycles. The second kappa shape index (κ2) is 6.54. The molecule has 7 heteroatoms. The van der Waals surface area contributed by atoms with E-state index in [0.717, 1.165) is 39.8 Å². The van der Waals surface area contributed by atoms with Crippen molar-refractivity contribution in [3.05, 3.63) is 59.2 Å². The van der Waals surface area contributed by atoms with E-state index in [4.69, 9.17) is 4.42 Å². The van der Waals surface area contributed by atoms with Crippen molar-refractivity contribution in [1.82, 2.24) is 14.1 Å². The number of amides is 1. The van der Waals surface area contributed by atoms with Crippen LogP contribution in [-0.4, -0.2) is 21.2 Å². The fourth-order valence-corrected chi connectivity index (χ4v) is 3.88. The van der Waals surface area contributed by atoms with Crippen LogP contribution >= 0.6 is 23.1 Å². The second-order valence-electron chi connectivity index (χ2n) is 5.22. The first-order valence-electron chi connectivity index (χ1n) is 7.43. The molecule has 3 aromatic heterocycles. The topological polar surface area (TPSA) is 68.0 Å². The van der Waals surface area contributed by atoms with E-state index in [2.05, 4.69) is 20.1 Å². The highest BCUT2D eigenvalue weighted by Crippen LogP contribution is 2.28. The van der Waals surface area contributed by atoms with E-state index in [-0.39, 0.29) is 5.91 Å². The van der Waals surface area contributed by atoms with Gasteiger partial charge in [0.25, 0.3) is 5.91 Å². The molecule has 4 rings (SSSR count). The lowest BCUT2D eigenvalue weighted by Crippen LogP contribution is -2.25. The Kier molecular flexibility index (Phi) is 4.10. The molecule has 0 spiro atoms. The summed E-state index contributed by atoms with van der Waals surface area (Å²) in [5, 5.41) is 2.95. The molecule has 0 aliphatic carbocycles. The number of rotatable bonds is 5. The van der Waals surface area contributed by atoms with Gasteiger partial charge in [-0.2, -0.15) is 8.75 Å². The van der Waals surface area contributed by atoms with E-state index in [0.29, 0.717) is 12.1 Å². The molecule has 0 unspecified atom stereocenters. The Balaban J connectivity index is 1.36. The van der Waals surface area contributed by atoms with E-state index in [9.17, 15) is 4.79 Å². The average molecular weight is 355 g/mol. The number of hydrogen-bond donors (Lipinski definition) is 1. The number of benzene rings is 1. The Bertz CT molecular complexity index is 973. The van der Waals surface area contributed by atoms with Crippen LogP contribution in [0, 0.1) is 0 Å². The maximum absolute atomic E-state index is 12.2.